The second-order valence-corrected chi connectivity index (χ2v) is 10.4. The molecule has 0 bridgehead atoms. The zero-order valence-electron chi connectivity index (χ0n) is 22.6. The standard InChI is InChI=1S/C28H28F3N5O5S/c1-27(2,23(37)38)41-21-11-9-20(10-12-21)39-13-14-40-26-35-24(34-25(36-26)33-17-22-4-3-15-42-22)32-16-18-5-7-19(8-6-18)28(29,30)31/h3-12,15H,13-14,16-17H2,1-2H3,(H,37,38)(H2,32,33,34,35,36). The molecule has 0 saturated heterocycles. The number of rotatable bonds is 14. The van der Waals surface area contributed by atoms with Crippen molar-refractivity contribution in [3.8, 4) is 17.5 Å². The summed E-state index contributed by atoms with van der Waals surface area (Å²) in [5, 5.41) is 17.3. The number of nitrogens with one attached hydrogen (secondary N) is 2. The highest BCUT2D eigenvalue weighted by atomic mass is 32.1. The average Bonchev–Trinajstić information content (AvgIpc) is 3.47. The molecule has 0 radical (unpaired) electrons. The number of benzene rings is 2. The van der Waals surface area contributed by atoms with Crippen molar-refractivity contribution in [1.82, 2.24) is 15.0 Å². The van der Waals surface area contributed by atoms with Crippen molar-refractivity contribution in [3.05, 3.63) is 82.0 Å². The molecule has 4 aromatic rings. The minimum Gasteiger partial charge on any atom is -0.490 e. The van der Waals surface area contributed by atoms with Crippen LogP contribution >= 0.6 is 11.3 Å². The van der Waals surface area contributed by atoms with Crippen LogP contribution in [0.15, 0.2) is 66.0 Å². The molecule has 2 aromatic carbocycles. The number of aromatic nitrogens is 3. The quantitative estimate of drug-likeness (QED) is 0.151. The van der Waals surface area contributed by atoms with Crippen LogP contribution in [0.4, 0.5) is 25.1 Å². The van der Waals surface area contributed by atoms with Crippen molar-refractivity contribution < 1.29 is 37.3 Å². The SMILES string of the molecule is CC(C)(Oc1ccc(OCCOc2nc(NCc3ccc(C(F)(F)F)cc3)nc(NCc3cccs3)n2)cc1)C(=O)O. The maximum absolute atomic E-state index is 12.9. The lowest BCUT2D eigenvalue weighted by Crippen LogP contribution is -2.37. The van der Waals surface area contributed by atoms with E-state index in [4.69, 9.17) is 14.2 Å². The number of ether oxygens (including phenoxy) is 3. The number of hydrogen-bond donors (Lipinski definition) is 3. The van der Waals surface area contributed by atoms with Crippen molar-refractivity contribution >= 4 is 29.2 Å². The summed E-state index contributed by atoms with van der Waals surface area (Å²) < 4.78 is 55.4. The molecule has 0 aliphatic heterocycles. The highest BCUT2D eigenvalue weighted by molar-refractivity contribution is 7.09. The van der Waals surface area contributed by atoms with Gasteiger partial charge in [-0.2, -0.15) is 28.1 Å². The Morgan fingerprint density at radius 3 is 2.07 bits per heavy atom. The third-order valence-electron chi connectivity index (χ3n) is 5.64. The lowest BCUT2D eigenvalue weighted by Gasteiger charge is -2.21. The van der Waals surface area contributed by atoms with Crippen LogP contribution in [0.25, 0.3) is 0 Å². The van der Waals surface area contributed by atoms with Crippen LogP contribution in [0.3, 0.4) is 0 Å². The van der Waals surface area contributed by atoms with Crippen LogP contribution in [0.2, 0.25) is 0 Å². The fraction of sp³-hybridized carbons (Fsp3) is 0.286. The summed E-state index contributed by atoms with van der Waals surface area (Å²) >= 11 is 1.57. The number of nitrogens with zero attached hydrogens (tertiary/aromatic N) is 3. The largest absolute Gasteiger partial charge is 0.490 e. The Morgan fingerprint density at radius 1 is 0.857 bits per heavy atom. The summed E-state index contributed by atoms with van der Waals surface area (Å²) in [6.07, 6.45) is -4.41. The number of carboxylic acids is 1. The van der Waals surface area contributed by atoms with E-state index in [1.807, 2.05) is 17.5 Å². The second-order valence-electron chi connectivity index (χ2n) is 9.33. The van der Waals surface area contributed by atoms with E-state index < -0.39 is 23.3 Å². The number of thiophene rings is 1. The Hall–Kier alpha value is -4.59. The highest BCUT2D eigenvalue weighted by Gasteiger charge is 2.30. The fourth-order valence-electron chi connectivity index (χ4n) is 3.39. The first-order valence-electron chi connectivity index (χ1n) is 12.7. The van der Waals surface area contributed by atoms with E-state index in [2.05, 4.69) is 25.6 Å². The molecule has 0 atom stereocenters. The Balaban J connectivity index is 1.35. The number of alkyl halides is 3. The maximum Gasteiger partial charge on any atom is 0.416 e. The van der Waals surface area contributed by atoms with Crippen molar-refractivity contribution in [2.45, 2.75) is 38.7 Å². The number of hydrogen-bond acceptors (Lipinski definition) is 10. The van der Waals surface area contributed by atoms with Gasteiger partial charge in [-0.15, -0.1) is 11.3 Å². The molecule has 0 aliphatic carbocycles. The third kappa shape index (κ3) is 8.96. The first-order chi connectivity index (χ1) is 20.0. The predicted octanol–water partition coefficient (Wildman–Crippen LogP) is 5.88. The van der Waals surface area contributed by atoms with Gasteiger partial charge in [0.05, 0.1) is 12.1 Å². The summed E-state index contributed by atoms with van der Waals surface area (Å²) in [7, 11) is 0. The van der Waals surface area contributed by atoms with E-state index in [9.17, 15) is 23.1 Å². The summed E-state index contributed by atoms with van der Waals surface area (Å²) in [5.41, 5.74) is -1.49. The average molecular weight is 604 g/mol. The zero-order valence-corrected chi connectivity index (χ0v) is 23.5. The van der Waals surface area contributed by atoms with Gasteiger partial charge in [0, 0.05) is 11.4 Å². The monoisotopic (exact) mass is 603 g/mol. The molecule has 222 valence electrons. The van der Waals surface area contributed by atoms with Crippen LogP contribution in [-0.2, 0) is 24.1 Å². The van der Waals surface area contributed by atoms with Gasteiger partial charge in [-0.25, -0.2) is 4.79 Å². The Bertz CT molecular complexity index is 1450. The van der Waals surface area contributed by atoms with Crippen molar-refractivity contribution in [2.24, 2.45) is 0 Å². The molecule has 3 N–H and O–H groups in total. The Kier molecular flexibility index (Phi) is 9.68. The Morgan fingerprint density at radius 2 is 1.48 bits per heavy atom. The summed E-state index contributed by atoms with van der Waals surface area (Å²) in [6, 6.07) is 15.2. The molecule has 4 rings (SSSR count). The van der Waals surface area contributed by atoms with Gasteiger partial charge < -0.3 is 30.0 Å². The molecule has 10 nitrogen and oxygen atoms in total. The minimum absolute atomic E-state index is 0.0249. The van der Waals surface area contributed by atoms with Gasteiger partial charge in [-0.05, 0) is 67.3 Å². The molecule has 0 aliphatic rings. The number of anilines is 2. The Labute approximate surface area is 243 Å². The molecule has 0 amide bonds. The fourth-order valence-corrected chi connectivity index (χ4v) is 4.03. The van der Waals surface area contributed by atoms with Crippen molar-refractivity contribution in [2.75, 3.05) is 23.8 Å². The van der Waals surface area contributed by atoms with Crippen molar-refractivity contribution in [1.29, 1.82) is 0 Å². The van der Waals surface area contributed by atoms with Gasteiger partial charge in [-0.1, -0.05) is 18.2 Å². The van der Waals surface area contributed by atoms with E-state index in [1.54, 1.807) is 35.6 Å². The summed E-state index contributed by atoms with van der Waals surface area (Å²) in [6.45, 7) is 3.81. The van der Waals surface area contributed by atoms with E-state index >= 15 is 0 Å². The van der Waals surface area contributed by atoms with Crippen molar-refractivity contribution in [3.63, 3.8) is 0 Å². The molecule has 0 saturated carbocycles. The number of halogens is 3. The molecule has 42 heavy (non-hydrogen) atoms. The molecule has 14 heteroatoms. The summed E-state index contributed by atoms with van der Waals surface area (Å²) in [5.74, 6) is 0.252. The number of carbonyl (C=O) groups is 1. The molecular weight excluding hydrogens is 575 g/mol. The lowest BCUT2D eigenvalue weighted by molar-refractivity contribution is -0.152. The molecule has 2 heterocycles. The van der Waals surface area contributed by atoms with Crippen LogP contribution in [0.5, 0.6) is 17.5 Å². The molecule has 0 fully saturated rings. The van der Waals surface area contributed by atoms with E-state index in [-0.39, 0.29) is 37.7 Å². The van der Waals surface area contributed by atoms with Gasteiger partial charge in [-0.3, -0.25) is 0 Å². The zero-order chi connectivity index (χ0) is 30.2. The topological polar surface area (TPSA) is 128 Å². The summed E-state index contributed by atoms with van der Waals surface area (Å²) in [4.78, 5) is 25.2. The number of aliphatic carboxylic acids is 1. The first-order valence-corrected chi connectivity index (χ1v) is 13.6. The van der Waals surface area contributed by atoms with Crippen LogP contribution in [-0.4, -0.2) is 44.8 Å². The van der Waals surface area contributed by atoms with E-state index in [0.29, 0.717) is 23.6 Å². The first kappa shape index (κ1) is 30.4. The van der Waals surface area contributed by atoms with Gasteiger partial charge in [0.15, 0.2) is 5.60 Å². The van der Waals surface area contributed by atoms with Crippen LogP contribution in [0, 0.1) is 0 Å². The van der Waals surface area contributed by atoms with E-state index in [1.165, 1.54) is 26.0 Å². The van der Waals surface area contributed by atoms with E-state index in [0.717, 1.165) is 17.0 Å². The predicted molar refractivity (Wildman–Crippen MR) is 150 cm³/mol. The molecule has 0 unspecified atom stereocenters. The second kappa shape index (κ2) is 13.4. The van der Waals surface area contributed by atoms with Gasteiger partial charge in [0.1, 0.15) is 24.7 Å². The lowest BCUT2D eigenvalue weighted by atomic mass is 10.1. The number of carboxylic acid groups (broad SMARTS) is 1. The van der Waals surface area contributed by atoms with Crippen LogP contribution < -0.4 is 24.8 Å². The molecule has 0 spiro atoms. The van der Waals surface area contributed by atoms with Gasteiger partial charge in [0.2, 0.25) is 11.9 Å². The normalized spacial score (nSPS) is 11.5. The maximum atomic E-state index is 12.9. The smallest absolute Gasteiger partial charge is 0.416 e. The highest BCUT2D eigenvalue weighted by Crippen LogP contribution is 2.29. The molecular formula is C28H28F3N5O5S. The third-order valence-corrected chi connectivity index (χ3v) is 6.52. The minimum atomic E-state index is -4.41. The van der Waals surface area contributed by atoms with Gasteiger partial charge in [0.25, 0.3) is 0 Å². The molecule has 2 aromatic heterocycles. The van der Waals surface area contributed by atoms with Gasteiger partial charge >= 0.3 is 18.2 Å². The van der Waals surface area contributed by atoms with Crippen LogP contribution in [0.1, 0.15) is 29.9 Å².